The molecule has 2 N–H and O–H groups in total. The normalized spacial score (nSPS) is 11.1. The first-order chi connectivity index (χ1) is 10.8. The molecule has 0 heterocycles. The molecule has 5 nitrogen and oxygen atoms in total. The van der Waals surface area contributed by atoms with E-state index in [1.165, 1.54) is 19.1 Å². The highest BCUT2D eigenvalue weighted by Gasteiger charge is 2.16. The Hall–Kier alpha value is -2.34. The summed E-state index contributed by atoms with van der Waals surface area (Å²) in [5, 5.41) is 2.67. The second-order valence-electron chi connectivity index (χ2n) is 5.43. The highest BCUT2D eigenvalue weighted by molar-refractivity contribution is 7.92. The molecule has 0 spiro atoms. The maximum Gasteiger partial charge on any atom is 0.261 e. The number of rotatable bonds is 5. The summed E-state index contributed by atoms with van der Waals surface area (Å²) in [7, 11) is -3.64. The number of carbonyl (C=O) groups is 1. The Kier molecular flexibility index (Phi) is 5.05. The van der Waals surface area contributed by atoms with Gasteiger partial charge in [0.2, 0.25) is 5.91 Å². The molecule has 2 aromatic rings. The minimum absolute atomic E-state index is 0.126. The molecule has 0 saturated heterocycles. The zero-order valence-electron chi connectivity index (χ0n) is 13.4. The second-order valence-corrected chi connectivity index (χ2v) is 7.11. The molecule has 0 radical (unpaired) electrons. The maximum absolute atomic E-state index is 12.5. The van der Waals surface area contributed by atoms with Crippen molar-refractivity contribution in [2.45, 2.75) is 32.2 Å². The Morgan fingerprint density at radius 3 is 2.09 bits per heavy atom. The lowest BCUT2D eigenvalue weighted by atomic mass is 10.1. The number of hydrogen-bond donors (Lipinski definition) is 2. The molecular weight excluding hydrogens is 312 g/mol. The van der Waals surface area contributed by atoms with Crippen molar-refractivity contribution in [3.63, 3.8) is 0 Å². The number of sulfonamides is 1. The van der Waals surface area contributed by atoms with Crippen LogP contribution in [0.2, 0.25) is 0 Å². The van der Waals surface area contributed by atoms with Gasteiger partial charge >= 0.3 is 0 Å². The molecule has 6 heteroatoms. The van der Waals surface area contributed by atoms with Crippen LogP contribution in [0.5, 0.6) is 0 Å². The van der Waals surface area contributed by atoms with E-state index in [9.17, 15) is 13.2 Å². The molecule has 122 valence electrons. The molecule has 0 aliphatic heterocycles. The van der Waals surface area contributed by atoms with Crippen molar-refractivity contribution in [2.24, 2.45) is 0 Å². The highest BCUT2D eigenvalue weighted by atomic mass is 32.2. The van der Waals surface area contributed by atoms with Gasteiger partial charge in [0, 0.05) is 13.5 Å². The summed E-state index contributed by atoms with van der Waals surface area (Å²) in [6.07, 6.45) is 0. The molecule has 2 rings (SSSR count). The number of anilines is 1. The van der Waals surface area contributed by atoms with E-state index >= 15 is 0 Å². The Labute approximate surface area is 136 Å². The van der Waals surface area contributed by atoms with Crippen LogP contribution < -0.4 is 10.0 Å². The largest absolute Gasteiger partial charge is 0.352 e. The zero-order valence-corrected chi connectivity index (χ0v) is 14.2. The number of aryl methyl sites for hydroxylation is 2. The summed E-state index contributed by atoms with van der Waals surface area (Å²) in [5.41, 5.74) is 3.19. The summed E-state index contributed by atoms with van der Waals surface area (Å²) in [4.78, 5) is 11.1. The lowest BCUT2D eigenvalue weighted by Crippen LogP contribution is -2.19. The van der Waals surface area contributed by atoms with Crippen molar-refractivity contribution in [3.8, 4) is 0 Å². The van der Waals surface area contributed by atoms with Gasteiger partial charge in [-0.25, -0.2) is 8.42 Å². The van der Waals surface area contributed by atoms with Crippen LogP contribution in [-0.2, 0) is 21.4 Å². The van der Waals surface area contributed by atoms with Gasteiger partial charge in [-0.15, -0.1) is 0 Å². The topological polar surface area (TPSA) is 75.3 Å². The van der Waals surface area contributed by atoms with Gasteiger partial charge in [0.25, 0.3) is 10.0 Å². The van der Waals surface area contributed by atoms with E-state index < -0.39 is 10.0 Å². The van der Waals surface area contributed by atoms with Crippen LogP contribution in [-0.4, -0.2) is 14.3 Å². The van der Waals surface area contributed by atoms with Gasteiger partial charge in [-0.3, -0.25) is 9.52 Å². The third-order valence-electron chi connectivity index (χ3n) is 3.49. The summed E-state index contributed by atoms with van der Waals surface area (Å²) in [5.74, 6) is -0.126. The van der Waals surface area contributed by atoms with Gasteiger partial charge in [0.1, 0.15) is 0 Å². The van der Waals surface area contributed by atoms with E-state index in [0.29, 0.717) is 12.2 Å². The van der Waals surface area contributed by atoms with Crippen LogP contribution in [0.1, 0.15) is 23.6 Å². The minimum atomic E-state index is -3.64. The van der Waals surface area contributed by atoms with E-state index in [1.807, 2.05) is 32.0 Å². The predicted octanol–water partition coefficient (Wildman–Crippen LogP) is 2.74. The number of carbonyl (C=O) groups excluding carboxylic acids is 1. The average Bonchev–Trinajstić information content (AvgIpc) is 2.49. The van der Waals surface area contributed by atoms with Crippen molar-refractivity contribution in [1.29, 1.82) is 0 Å². The molecule has 0 atom stereocenters. The van der Waals surface area contributed by atoms with Gasteiger partial charge in [-0.1, -0.05) is 30.3 Å². The molecule has 0 fully saturated rings. The van der Waals surface area contributed by atoms with E-state index in [1.54, 1.807) is 12.1 Å². The average molecular weight is 332 g/mol. The fraction of sp³-hybridized carbons (Fsp3) is 0.235. The van der Waals surface area contributed by atoms with Crippen molar-refractivity contribution >= 4 is 21.6 Å². The molecule has 1 amide bonds. The van der Waals surface area contributed by atoms with Crippen LogP contribution >= 0.6 is 0 Å². The fourth-order valence-corrected chi connectivity index (χ4v) is 3.38. The molecule has 0 bridgehead atoms. The van der Waals surface area contributed by atoms with Gasteiger partial charge in [-0.2, -0.15) is 0 Å². The summed E-state index contributed by atoms with van der Waals surface area (Å²) in [6, 6.07) is 12.1. The number of benzene rings is 2. The first-order valence-corrected chi connectivity index (χ1v) is 8.70. The minimum Gasteiger partial charge on any atom is -0.352 e. The quantitative estimate of drug-likeness (QED) is 0.884. The Bertz CT molecular complexity index is 792. The third-order valence-corrected chi connectivity index (χ3v) is 4.86. The van der Waals surface area contributed by atoms with Crippen molar-refractivity contribution in [3.05, 3.63) is 59.2 Å². The Morgan fingerprint density at radius 1 is 1.00 bits per heavy atom. The van der Waals surface area contributed by atoms with Gasteiger partial charge in [-0.05, 0) is 42.7 Å². The Balaban J connectivity index is 2.21. The van der Waals surface area contributed by atoms with Crippen LogP contribution in [0.4, 0.5) is 5.69 Å². The lowest BCUT2D eigenvalue weighted by molar-refractivity contribution is -0.119. The van der Waals surface area contributed by atoms with Crippen LogP contribution in [0.15, 0.2) is 47.4 Å². The van der Waals surface area contributed by atoms with Crippen LogP contribution in [0.25, 0.3) is 0 Å². The van der Waals surface area contributed by atoms with Gasteiger partial charge in [0.15, 0.2) is 0 Å². The van der Waals surface area contributed by atoms with E-state index in [2.05, 4.69) is 10.0 Å². The summed E-state index contributed by atoms with van der Waals surface area (Å²) in [6.45, 7) is 5.54. The van der Waals surface area contributed by atoms with Crippen molar-refractivity contribution in [1.82, 2.24) is 5.32 Å². The fourth-order valence-electron chi connectivity index (χ4n) is 2.18. The van der Waals surface area contributed by atoms with E-state index in [-0.39, 0.29) is 10.8 Å². The first-order valence-electron chi connectivity index (χ1n) is 7.22. The molecular formula is C17H20N2O3S. The number of nitrogens with one attached hydrogen (secondary N) is 2. The smallest absolute Gasteiger partial charge is 0.261 e. The van der Waals surface area contributed by atoms with Crippen LogP contribution in [0.3, 0.4) is 0 Å². The predicted molar refractivity (Wildman–Crippen MR) is 90.7 cm³/mol. The molecule has 0 aliphatic carbocycles. The number of amides is 1. The molecule has 0 unspecified atom stereocenters. The molecule has 0 saturated carbocycles. The van der Waals surface area contributed by atoms with Crippen molar-refractivity contribution in [2.75, 3.05) is 4.72 Å². The third kappa shape index (κ3) is 4.32. The standard InChI is InChI=1S/C17H20N2O3S/c1-12-5-4-6-13(2)17(12)19-23(21,22)16-9-7-15(8-10-16)11-18-14(3)20/h4-10,19H,11H2,1-3H3,(H,18,20). The monoisotopic (exact) mass is 332 g/mol. The molecule has 2 aromatic carbocycles. The molecule has 0 aliphatic rings. The van der Waals surface area contributed by atoms with E-state index in [0.717, 1.165) is 16.7 Å². The van der Waals surface area contributed by atoms with Gasteiger partial charge in [0.05, 0.1) is 10.6 Å². The zero-order chi connectivity index (χ0) is 17.0. The maximum atomic E-state index is 12.5. The van der Waals surface area contributed by atoms with Gasteiger partial charge < -0.3 is 5.32 Å². The first kappa shape index (κ1) is 17.0. The summed E-state index contributed by atoms with van der Waals surface area (Å²) >= 11 is 0. The SMILES string of the molecule is CC(=O)NCc1ccc(S(=O)(=O)Nc2c(C)cccc2C)cc1. The number of para-hydroxylation sites is 1. The molecule has 0 aromatic heterocycles. The number of hydrogen-bond acceptors (Lipinski definition) is 3. The highest BCUT2D eigenvalue weighted by Crippen LogP contribution is 2.23. The second kappa shape index (κ2) is 6.83. The summed E-state index contributed by atoms with van der Waals surface area (Å²) < 4.78 is 27.6. The lowest BCUT2D eigenvalue weighted by Gasteiger charge is -2.13. The molecule has 23 heavy (non-hydrogen) atoms. The Morgan fingerprint density at radius 2 is 1.57 bits per heavy atom. The van der Waals surface area contributed by atoms with Crippen LogP contribution in [0, 0.1) is 13.8 Å². The van der Waals surface area contributed by atoms with Crippen molar-refractivity contribution < 1.29 is 13.2 Å². The van der Waals surface area contributed by atoms with E-state index in [4.69, 9.17) is 0 Å².